The summed E-state index contributed by atoms with van der Waals surface area (Å²) in [5, 5.41) is 9.53. The summed E-state index contributed by atoms with van der Waals surface area (Å²) in [7, 11) is 0. The molecule has 3 nitrogen and oxygen atoms in total. The average molecular weight is 298 g/mol. The van der Waals surface area contributed by atoms with Crippen molar-refractivity contribution in [1.29, 1.82) is 0 Å². The molecule has 1 saturated heterocycles. The first-order valence-corrected chi connectivity index (χ1v) is 6.76. The molecule has 0 bridgehead atoms. The van der Waals surface area contributed by atoms with Gasteiger partial charge in [0.15, 0.2) is 0 Å². The highest BCUT2D eigenvalue weighted by Gasteiger charge is 2.31. The minimum atomic E-state index is -0.218. The highest BCUT2D eigenvalue weighted by molar-refractivity contribution is 9.10. The molecule has 1 heterocycles. The summed E-state index contributed by atoms with van der Waals surface area (Å²) in [6.45, 7) is 0.691. The number of alkyl halides is 1. The number of amides is 1. The molecule has 0 aliphatic carbocycles. The Morgan fingerprint density at radius 2 is 2.12 bits per heavy atom. The van der Waals surface area contributed by atoms with Crippen LogP contribution in [0.2, 0.25) is 0 Å². The van der Waals surface area contributed by atoms with Crippen LogP contribution in [0.25, 0.3) is 0 Å². The second-order valence-corrected chi connectivity index (χ2v) is 5.36. The molecule has 0 aromatic heterocycles. The van der Waals surface area contributed by atoms with Crippen LogP contribution in [-0.4, -0.2) is 33.9 Å². The maximum absolute atomic E-state index is 12.1. The number of benzene rings is 1. The van der Waals surface area contributed by atoms with Gasteiger partial charge in [-0.15, -0.1) is 0 Å². The minimum absolute atomic E-state index is 0.0323. The van der Waals surface area contributed by atoms with E-state index in [2.05, 4.69) is 15.9 Å². The predicted octanol–water partition coefficient (Wildman–Crippen LogP) is 2.11. The van der Waals surface area contributed by atoms with Crippen LogP contribution in [0.3, 0.4) is 0 Å². The second kappa shape index (κ2) is 5.65. The number of piperidine rings is 1. The smallest absolute Gasteiger partial charge is 0.236 e. The van der Waals surface area contributed by atoms with E-state index < -0.39 is 0 Å². The number of rotatable bonds is 3. The van der Waals surface area contributed by atoms with E-state index in [1.54, 1.807) is 4.90 Å². The first-order valence-electron chi connectivity index (χ1n) is 5.84. The van der Waals surface area contributed by atoms with E-state index in [9.17, 15) is 9.90 Å². The van der Waals surface area contributed by atoms with Crippen LogP contribution >= 0.6 is 15.9 Å². The monoisotopic (exact) mass is 297 g/mol. The molecule has 17 heavy (non-hydrogen) atoms. The number of halogens is 1. The number of likely N-dealkylation sites (tertiary alicyclic amines) is 1. The molecule has 0 unspecified atom stereocenters. The van der Waals surface area contributed by atoms with Gasteiger partial charge >= 0.3 is 0 Å². The van der Waals surface area contributed by atoms with Crippen LogP contribution in [0.1, 0.15) is 24.4 Å². The summed E-state index contributed by atoms with van der Waals surface area (Å²) in [6, 6.07) is 9.47. The van der Waals surface area contributed by atoms with E-state index >= 15 is 0 Å². The zero-order valence-corrected chi connectivity index (χ0v) is 11.1. The van der Waals surface area contributed by atoms with Crippen LogP contribution in [0.4, 0.5) is 0 Å². The number of carbonyl (C=O) groups is 1. The van der Waals surface area contributed by atoms with Crippen LogP contribution in [0.5, 0.6) is 0 Å². The molecular weight excluding hydrogens is 282 g/mol. The van der Waals surface area contributed by atoms with Crippen LogP contribution in [0, 0.1) is 0 Å². The first kappa shape index (κ1) is 12.6. The van der Waals surface area contributed by atoms with Crippen molar-refractivity contribution in [3.05, 3.63) is 35.9 Å². The summed E-state index contributed by atoms with van der Waals surface area (Å²) in [5.74, 6) is 0.0825. The summed E-state index contributed by atoms with van der Waals surface area (Å²) in [5.41, 5.74) is 0.991. The molecule has 0 radical (unpaired) electrons. The van der Waals surface area contributed by atoms with Crippen molar-refractivity contribution >= 4 is 21.8 Å². The van der Waals surface area contributed by atoms with Gasteiger partial charge in [-0.3, -0.25) is 4.79 Å². The lowest BCUT2D eigenvalue weighted by Gasteiger charge is -2.36. The number of hydrogen-bond acceptors (Lipinski definition) is 2. The molecule has 1 aromatic carbocycles. The molecule has 1 aliphatic rings. The molecule has 4 heteroatoms. The topological polar surface area (TPSA) is 40.5 Å². The van der Waals surface area contributed by atoms with E-state index in [1.165, 1.54) is 0 Å². The van der Waals surface area contributed by atoms with Gasteiger partial charge in [0.2, 0.25) is 5.91 Å². The van der Waals surface area contributed by atoms with Gasteiger partial charge in [-0.05, 0) is 18.4 Å². The third-order valence-electron chi connectivity index (χ3n) is 3.14. The largest absolute Gasteiger partial charge is 0.394 e. The van der Waals surface area contributed by atoms with Gasteiger partial charge in [0, 0.05) is 6.54 Å². The number of aliphatic hydroxyl groups is 1. The molecule has 1 aromatic rings. The molecule has 1 amide bonds. The fraction of sp³-hybridized carbons (Fsp3) is 0.462. The molecule has 0 saturated carbocycles. The molecule has 0 spiro atoms. The molecule has 2 rings (SSSR count). The number of hydrogen-bond donors (Lipinski definition) is 1. The number of carbonyl (C=O) groups excluding carboxylic acids is 1. The summed E-state index contributed by atoms with van der Waals surface area (Å²) < 4.78 is 0. The van der Waals surface area contributed by atoms with Gasteiger partial charge < -0.3 is 10.0 Å². The van der Waals surface area contributed by atoms with Gasteiger partial charge in [-0.2, -0.15) is 0 Å². The third kappa shape index (κ3) is 2.69. The Bertz CT molecular complexity index is 382. The van der Waals surface area contributed by atoms with Crippen molar-refractivity contribution < 1.29 is 9.90 Å². The van der Waals surface area contributed by atoms with Gasteiger partial charge in [0.05, 0.1) is 17.5 Å². The first-order chi connectivity index (χ1) is 8.24. The Balaban J connectivity index is 2.21. The van der Waals surface area contributed by atoms with Crippen LogP contribution in [0.15, 0.2) is 30.3 Å². The second-order valence-electron chi connectivity index (χ2n) is 4.25. The van der Waals surface area contributed by atoms with Crippen molar-refractivity contribution in [3.63, 3.8) is 0 Å². The van der Waals surface area contributed by atoms with E-state index in [4.69, 9.17) is 0 Å². The Hall–Kier alpha value is -0.870. The fourth-order valence-electron chi connectivity index (χ4n) is 2.22. The SMILES string of the molecule is O=C1[C@@H](Br)CCCN1[C@@H](CO)c1ccccc1. The van der Waals surface area contributed by atoms with E-state index in [0.29, 0.717) is 0 Å². The van der Waals surface area contributed by atoms with Crippen LogP contribution in [-0.2, 0) is 4.79 Å². The lowest BCUT2D eigenvalue weighted by Crippen LogP contribution is -2.45. The molecule has 92 valence electrons. The highest BCUT2D eigenvalue weighted by atomic mass is 79.9. The quantitative estimate of drug-likeness (QED) is 0.868. The fourth-order valence-corrected chi connectivity index (χ4v) is 2.81. The average Bonchev–Trinajstić information content (AvgIpc) is 2.37. The normalized spacial score (nSPS) is 22.6. The predicted molar refractivity (Wildman–Crippen MR) is 69.9 cm³/mol. The van der Waals surface area contributed by atoms with Crippen molar-refractivity contribution in [2.24, 2.45) is 0 Å². The van der Waals surface area contributed by atoms with Gasteiger partial charge in [0.1, 0.15) is 0 Å². The van der Waals surface area contributed by atoms with Crippen LogP contribution < -0.4 is 0 Å². The lowest BCUT2D eigenvalue weighted by molar-refractivity contribution is -0.136. The van der Waals surface area contributed by atoms with Crippen molar-refractivity contribution in [3.8, 4) is 0 Å². The lowest BCUT2D eigenvalue weighted by atomic mass is 10.0. The maximum Gasteiger partial charge on any atom is 0.236 e. The number of aliphatic hydroxyl groups excluding tert-OH is 1. The Kier molecular flexibility index (Phi) is 4.18. The minimum Gasteiger partial charge on any atom is -0.394 e. The van der Waals surface area contributed by atoms with Gasteiger partial charge in [0.25, 0.3) is 0 Å². The third-order valence-corrected chi connectivity index (χ3v) is 3.99. The molecular formula is C13H16BrNO2. The van der Waals surface area contributed by atoms with Crippen molar-refractivity contribution in [1.82, 2.24) is 4.90 Å². The zero-order valence-electron chi connectivity index (χ0n) is 9.55. The summed E-state index contributed by atoms with van der Waals surface area (Å²) in [6.07, 6.45) is 1.85. The molecule has 2 atom stereocenters. The summed E-state index contributed by atoms with van der Waals surface area (Å²) in [4.78, 5) is 13.7. The maximum atomic E-state index is 12.1. The van der Waals surface area contributed by atoms with Gasteiger partial charge in [-0.1, -0.05) is 46.3 Å². The molecule has 1 fully saturated rings. The highest BCUT2D eigenvalue weighted by Crippen LogP contribution is 2.27. The Morgan fingerprint density at radius 1 is 1.41 bits per heavy atom. The van der Waals surface area contributed by atoms with E-state index in [1.807, 2.05) is 30.3 Å². The summed E-state index contributed by atoms with van der Waals surface area (Å²) >= 11 is 3.39. The van der Waals surface area contributed by atoms with E-state index in [-0.39, 0.29) is 23.4 Å². The zero-order chi connectivity index (χ0) is 12.3. The Labute approximate surface area is 110 Å². The standard InChI is InChI=1S/C13H16BrNO2/c14-11-7-4-8-15(13(11)17)12(9-16)10-5-2-1-3-6-10/h1-3,5-6,11-12,16H,4,7-9H2/t11-,12-/m0/s1. The molecule has 1 N–H and O–H groups in total. The van der Waals surface area contributed by atoms with E-state index in [0.717, 1.165) is 24.9 Å². The van der Waals surface area contributed by atoms with Crippen molar-refractivity contribution in [2.75, 3.05) is 13.2 Å². The van der Waals surface area contributed by atoms with Crippen molar-refractivity contribution in [2.45, 2.75) is 23.7 Å². The Morgan fingerprint density at radius 3 is 2.76 bits per heavy atom. The molecule has 1 aliphatic heterocycles. The van der Waals surface area contributed by atoms with Gasteiger partial charge in [-0.25, -0.2) is 0 Å². The number of nitrogens with zero attached hydrogens (tertiary/aromatic N) is 1.